The Morgan fingerprint density at radius 1 is 1.29 bits per heavy atom. The summed E-state index contributed by atoms with van der Waals surface area (Å²) in [5.74, 6) is 2.38. The van der Waals surface area contributed by atoms with Crippen LogP contribution in [0.5, 0.6) is 0 Å². The third-order valence-corrected chi connectivity index (χ3v) is 4.26. The zero-order valence-corrected chi connectivity index (χ0v) is 12.1. The summed E-state index contributed by atoms with van der Waals surface area (Å²) in [6, 6.07) is 0.616. The van der Waals surface area contributed by atoms with E-state index in [1.54, 1.807) is 0 Å². The Kier molecular flexibility index (Phi) is 6.50. The Morgan fingerprint density at radius 3 is 2.59 bits per heavy atom. The molecular formula is C15H31NO. The van der Waals surface area contributed by atoms with Crippen molar-refractivity contribution in [2.75, 3.05) is 6.54 Å². The van der Waals surface area contributed by atoms with Gasteiger partial charge in [0.25, 0.3) is 0 Å². The molecule has 4 unspecified atom stereocenters. The smallest absolute Gasteiger partial charge is 0.0664 e. The Bertz CT molecular complexity index is 205. The lowest BCUT2D eigenvalue weighted by Crippen LogP contribution is -2.45. The van der Waals surface area contributed by atoms with Gasteiger partial charge in [0.05, 0.1) is 6.10 Å². The van der Waals surface area contributed by atoms with Gasteiger partial charge >= 0.3 is 0 Å². The largest absolute Gasteiger partial charge is 0.392 e. The Hall–Kier alpha value is -0.0800. The van der Waals surface area contributed by atoms with Crippen LogP contribution in [0.2, 0.25) is 0 Å². The highest BCUT2D eigenvalue weighted by molar-refractivity contribution is 4.85. The van der Waals surface area contributed by atoms with Crippen molar-refractivity contribution < 1.29 is 5.11 Å². The molecule has 2 nitrogen and oxygen atoms in total. The van der Waals surface area contributed by atoms with Gasteiger partial charge < -0.3 is 10.4 Å². The first-order valence-corrected chi connectivity index (χ1v) is 7.46. The molecule has 0 radical (unpaired) electrons. The lowest BCUT2D eigenvalue weighted by atomic mass is 9.74. The average molecular weight is 241 g/mol. The second-order valence-electron chi connectivity index (χ2n) is 6.28. The molecule has 0 amide bonds. The Labute approximate surface area is 107 Å². The molecule has 1 saturated carbocycles. The fourth-order valence-electron chi connectivity index (χ4n) is 3.16. The molecule has 2 heteroatoms. The summed E-state index contributed by atoms with van der Waals surface area (Å²) in [5, 5.41) is 13.4. The van der Waals surface area contributed by atoms with E-state index in [2.05, 4.69) is 33.0 Å². The van der Waals surface area contributed by atoms with Crippen LogP contribution < -0.4 is 5.32 Å². The molecule has 1 aliphatic rings. The van der Waals surface area contributed by atoms with Crippen molar-refractivity contribution in [2.24, 2.45) is 17.8 Å². The molecule has 1 fully saturated rings. The van der Waals surface area contributed by atoms with Crippen molar-refractivity contribution in [3.8, 4) is 0 Å². The summed E-state index contributed by atoms with van der Waals surface area (Å²) in [5.41, 5.74) is 0. The van der Waals surface area contributed by atoms with E-state index in [-0.39, 0.29) is 6.10 Å². The summed E-state index contributed by atoms with van der Waals surface area (Å²) in [4.78, 5) is 0. The first-order chi connectivity index (χ1) is 8.04. The van der Waals surface area contributed by atoms with E-state index in [9.17, 15) is 5.11 Å². The van der Waals surface area contributed by atoms with Crippen molar-refractivity contribution in [2.45, 2.75) is 71.9 Å². The maximum atomic E-state index is 9.81. The summed E-state index contributed by atoms with van der Waals surface area (Å²) in [6.07, 6.45) is 5.82. The highest BCUT2D eigenvalue weighted by atomic mass is 16.3. The molecule has 0 aliphatic heterocycles. The van der Waals surface area contributed by atoms with Crippen molar-refractivity contribution in [1.29, 1.82) is 0 Å². The first-order valence-electron chi connectivity index (χ1n) is 7.46. The molecule has 4 atom stereocenters. The fourth-order valence-corrected chi connectivity index (χ4v) is 3.16. The lowest BCUT2D eigenvalue weighted by molar-refractivity contribution is 0.124. The molecule has 0 bridgehead atoms. The average Bonchev–Trinajstić information content (AvgIpc) is 2.26. The quantitative estimate of drug-likeness (QED) is 0.748. The molecule has 102 valence electrons. The predicted octanol–water partition coefficient (Wildman–Crippen LogP) is 3.20. The van der Waals surface area contributed by atoms with Gasteiger partial charge in [-0.2, -0.15) is 0 Å². The van der Waals surface area contributed by atoms with Gasteiger partial charge in [0.2, 0.25) is 0 Å². The first kappa shape index (κ1) is 15.0. The van der Waals surface area contributed by atoms with Crippen LogP contribution in [0.4, 0.5) is 0 Å². The van der Waals surface area contributed by atoms with Crippen LogP contribution in [-0.4, -0.2) is 23.8 Å². The van der Waals surface area contributed by atoms with E-state index in [4.69, 9.17) is 0 Å². The van der Waals surface area contributed by atoms with Gasteiger partial charge in [0.15, 0.2) is 0 Å². The predicted molar refractivity (Wildman–Crippen MR) is 74.0 cm³/mol. The van der Waals surface area contributed by atoms with Gasteiger partial charge in [-0.05, 0) is 37.0 Å². The monoisotopic (exact) mass is 241 g/mol. The number of rotatable bonds is 6. The summed E-state index contributed by atoms with van der Waals surface area (Å²) in [7, 11) is 0. The summed E-state index contributed by atoms with van der Waals surface area (Å²) in [6.45, 7) is 9.92. The third-order valence-electron chi connectivity index (χ3n) is 4.26. The molecule has 0 aromatic carbocycles. The molecule has 0 heterocycles. The van der Waals surface area contributed by atoms with Gasteiger partial charge in [0.1, 0.15) is 0 Å². The minimum Gasteiger partial charge on any atom is -0.392 e. The van der Waals surface area contributed by atoms with Crippen molar-refractivity contribution in [1.82, 2.24) is 5.32 Å². The molecule has 1 rings (SSSR count). The van der Waals surface area contributed by atoms with E-state index in [1.165, 1.54) is 19.3 Å². The van der Waals surface area contributed by atoms with Crippen LogP contribution >= 0.6 is 0 Å². The number of aliphatic hydroxyl groups is 1. The Morgan fingerprint density at radius 2 is 2.00 bits per heavy atom. The minimum absolute atomic E-state index is 0.162. The van der Waals surface area contributed by atoms with Crippen molar-refractivity contribution in [3.05, 3.63) is 0 Å². The normalized spacial score (nSPS) is 31.8. The lowest BCUT2D eigenvalue weighted by Gasteiger charge is -2.38. The van der Waals surface area contributed by atoms with Crippen LogP contribution in [0, 0.1) is 17.8 Å². The number of aliphatic hydroxyl groups excluding tert-OH is 1. The van der Waals surface area contributed by atoms with Crippen LogP contribution in [-0.2, 0) is 0 Å². The van der Waals surface area contributed by atoms with Crippen LogP contribution in [0.1, 0.15) is 59.8 Å². The highest BCUT2D eigenvalue weighted by Gasteiger charge is 2.30. The van der Waals surface area contributed by atoms with Gasteiger partial charge in [-0.3, -0.25) is 0 Å². The molecular weight excluding hydrogens is 210 g/mol. The second-order valence-corrected chi connectivity index (χ2v) is 6.28. The summed E-state index contributed by atoms with van der Waals surface area (Å²) >= 11 is 0. The zero-order valence-electron chi connectivity index (χ0n) is 12.1. The van der Waals surface area contributed by atoms with Gasteiger partial charge in [0, 0.05) is 12.6 Å². The van der Waals surface area contributed by atoms with Crippen LogP contribution in [0.3, 0.4) is 0 Å². The molecule has 0 saturated heterocycles. The molecule has 0 aromatic rings. The fraction of sp³-hybridized carbons (Fsp3) is 1.00. The number of nitrogens with one attached hydrogen (secondary N) is 1. The van der Waals surface area contributed by atoms with Crippen LogP contribution in [0.15, 0.2) is 0 Å². The maximum absolute atomic E-state index is 9.81. The second kappa shape index (κ2) is 7.38. The van der Waals surface area contributed by atoms with E-state index in [0.717, 1.165) is 37.1 Å². The maximum Gasteiger partial charge on any atom is 0.0664 e. The molecule has 0 spiro atoms. The van der Waals surface area contributed by atoms with Crippen LogP contribution in [0.25, 0.3) is 0 Å². The van der Waals surface area contributed by atoms with E-state index >= 15 is 0 Å². The minimum atomic E-state index is -0.162. The highest BCUT2D eigenvalue weighted by Crippen LogP contribution is 2.33. The van der Waals surface area contributed by atoms with E-state index < -0.39 is 0 Å². The van der Waals surface area contributed by atoms with Gasteiger partial charge in [-0.1, -0.05) is 40.5 Å². The number of hydrogen-bond acceptors (Lipinski definition) is 2. The molecule has 1 aliphatic carbocycles. The standard InChI is InChI=1S/C15H31NO/c1-5-6-13(17)10-16-15-9-12(4)7-8-14(15)11(2)3/h11-17H,5-10H2,1-4H3. The zero-order chi connectivity index (χ0) is 12.8. The van der Waals surface area contributed by atoms with Crippen molar-refractivity contribution in [3.63, 3.8) is 0 Å². The topological polar surface area (TPSA) is 32.3 Å². The molecule has 2 N–H and O–H groups in total. The SMILES string of the molecule is CCCC(O)CNC1CC(C)CCC1C(C)C. The van der Waals surface area contributed by atoms with Crippen molar-refractivity contribution >= 4 is 0 Å². The molecule has 17 heavy (non-hydrogen) atoms. The van der Waals surface area contributed by atoms with E-state index in [0.29, 0.717) is 6.04 Å². The van der Waals surface area contributed by atoms with Gasteiger partial charge in [-0.15, -0.1) is 0 Å². The number of hydrogen-bond donors (Lipinski definition) is 2. The van der Waals surface area contributed by atoms with Gasteiger partial charge in [-0.25, -0.2) is 0 Å². The van der Waals surface area contributed by atoms with E-state index in [1.807, 2.05) is 0 Å². The third kappa shape index (κ3) is 4.97. The summed E-state index contributed by atoms with van der Waals surface area (Å²) < 4.78 is 0. The Balaban J connectivity index is 2.41. The molecule has 0 aromatic heterocycles.